The number of hydrogen-bond donors (Lipinski definition) is 0. The molecular weight excluding hydrogens is 256 g/mol. The Kier molecular flexibility index (Phi) is 4.72. The van der Waals surface area contributed by atoms with Crippen LogP contribution in [-0.2, 0) is 0 Å². The molecule has 0 amide bonds. The van der Waals surface area contributed by atoms with Crippen LogP contribution in [0.1, 0.15) is 45.6 Å². The first-order valence-electron chi connectivity index (χ1n) is 7.63. The average molecular weight is 282 g/mol. The minimum Gasteiger partial charge on any atom is -0.497 e. The number of ether oxygens (including phenoxy) is 1. The van der Waals surface area contributed by atoms with E-state index in [0.717, 1.165) is 5.75 Å². The molecule has 0 aliphatic heterocycles. The van der Waals surface area contributed by atoms with Gasteiger partial charge in [-0.15, -0.1) is 0 Å². The third-order valence-electron chi connectivity index (χ3n) is 3.82. The summed E-state index contributed by atoms with van der Waals surface area (Å²) in [7, 11) is 1.69. The Morgan fingerprint density at radius 2 is 1.33 bits per heavy atom. The Hall–Kier alpha value is -1.76. The molecular formula is C20H26O. The number of rotatable bonds is 4. The molecule has 2 aromatic carbocycles. The second-order valence-electron chi connectivity index (χ2n) is 7.02. The van der Waals surface area contributed by atoms with E-state index in [2.05, 4.69) is 64.1 Å². The molecule has 0 heterocycles. The molecule has 0 radical (unpaired) electrons. The molecule has 0 aromatic heterocycles. The predicted octanol–water partition coefficient (Wildman–Crippen LogP) is 5.90. The number of benzene rings is 2. The van der Waals surface area contributed by atoms with E-state index in [1.807, 2.05) is 12.1 Å². The lowest BCUT2D eigenvalue weighted by Crippen LogP contribution is -2.09. The molecule has 0 N–H and O–H groups in total. The monoisotopic (exact) mass is 282 g/mol. The van der Waals surface area contributed by atoms with E-state index in [4.69, 9.17) is 4.74 Å². The van der Waals surface area contributed by atoms with Crippen molar-refractivity contribution >= 4 is 0 Å². The van der Waals surface area contributed by atoms with E-state index in [-0.39, 0.29) is 0 Å². The highest BCUT2D eigenvalue weighted by Crippen LogP contribution is 2.32. The molecule has 112 valence electrons. The highest BCUT2D eigenvalue weighted by atomic mass is 16.5. The van der Waals surface area contributed by atoms with Crippen LogP contribution in [0.4, 0.5) is 0 Å². The van der Waals surface area contributed by atoms with Gasteiger partial charge in [0.1, 0.15) is 5.75 Å². The van der Waals surface area contributed by atoms with Crippen LogP contribution in [0.25, 0.3) is 11.1 Å². The van der Waals surface area contributed by atoms with Crippen LogP contribution in [0.15, 0.2) is 48.5 Å². The standard InChI is InChI=1S/C20H26O/c1-15(14-20(2,3)4)16-6-8-17(9-7-16)18-10-12-19(21-5)13-11-18/h6-13,15H,14H2,1-5H3. The molecule has 0 aliphatic carbocycles. The Bertz CT molecular complexity index is 558. The van der Waals surface area contributed by atoms with Gasteiger partial charge >= 0.3 is 0 Å². The maximum atomic E-state index is 5.20. The van der Waals surface area contributed by atoms with Gasteiger partial charge in [0.15, 0.2) is 0 Å². The molecule has 0 aliphatic rings. The smallest absolute Gasteiger partial charge is 0.118 e. The summed E-state index contributed by atoms with van der Waals surface area (Å²) in [6.07, 6.45) is 1.20. The van der Waals surface area contributed by atoms with Crippen LogP contribution < -0.4 is 4.74 Å². The van der Waals surface area contributed by atoms with Crippen molar-refractivity contribution in [1.82, 2.24) is 0 Å². The predicted molar refractivity (Wildman–Crippen MR) is 90.9 cm³/mol. The van der Waals surface area contributed by atoms with E-state index >= 15 is 0 Å². The Labute approximate surface area is 129 Å². The average Bonchev–Trinajstić information content (AvgIpc) is 2.46. The van der Waals surface area contributed by atoms with Gasteiger partial charge < -0.3 is 4.74 Å². The Morgan fingerprint density at radius 3 is 1.76 bits per heavy atom. The largest absolute Gasteiger partial charge is 0.497 e. The van der Waals surface area contributed by atoms with Gasteiger partial charge in [-0.25, -0.2) is 0 Å². The minimum atomic E-state index is 0.369. The summed E-state index contributed by atoms with van der Waals surface area (Å²) in [4.78, 5) is 0. The zero-order valence-electron chi connectivity index (χ0n) is 13.8. The van der Waals surface area contributed by atoms with E-state index in [9.17, 15) is 0 Å². The van der Waals surface area contributed by atoms with Crippen molar-refractivity contribution in [3.05, 3.63) is 54.1 Å². The molecule has 1 nitrogen and oxygen atoms in total. The maximum Gasteiger partial charge on any atom is 0.118 e. The van der Waals surface area contributed by atoms with Gasteiger partial charge in [-0.1, -0.05) is 64.1 Å². The van der Waals surface area contributed by atoms with Crippen LogP contribution in [-0.4, -0.2) is 7.11 Å². The molecule has 0 bridgehead atoms. The molecule has 1 unspecified atom stereocenters. The first-order valence-corrected chi connectivity index (χ1v) is 7.63. The molecule has 21 heavy (non-hydrogen) atoms. The van der Waals surface area contributed by atoms with Crippen molar-refractivity contribution in [1.29, 1.82) is 0 Å². The van der Waals surface area contributed by atoms with Gasteiger partial charge in [0.2, 0.25) is 0 Å². The van der Waals surface area contributed by atoms with Crippen molar-refractivity contribution in [2.24, 2.45) is 5.41 Å². The van der Waals surface area contributed by atoms with E-state index < -0.39 is 0 Å². The van der Waals surface area contributed by atoms with Gasteiger partial charge in [0.05, 0.1) is 7.11 Å². The van der Waals surface area contributed by atoms with Crippen LogP contribution in [0.2, 0.25) is 0 Å². The highest BCUT2D eigenvalue weighted by Gasteiger charge is 2.16. The Balaban J connectivity index is 2.14. The van der Waals surface area contributed by atoms with Crippen LogP contribution >= 0.6 is 0 Å². The van der Waals surface area contributed by atoms with Gasteiger partial charge in [0, 0.05) is 0 Å². The summed E-state index contributed by atoms with van der Waals surface area (Å²) in [5, 5.41) is 0. The molecule has 2 rings (SSSR count). The van der Waals surface area contributed by atoms with Crippen molar-refractivity contribution < 1.29 is 4.74 Å². The summed E-state index contributed by atoms with van der Waals surface area (Å²) < 4.78 is 5.20. The van der Waals surface area contributed by atoms with Gasteiger partial charge in [-0.05, 0) is 46.6 Å². The molecule has 0 saturated carbocycles. The number of methoxy groups -OCH3 is 1. The van der Waals surface area contributed by atoms with E-state index in [0.29, 0.717) is 11.3 Å². The van der Waals surface area contributed by atoms with Crippen molar-refractivity contribution in [3.63, 3.8) is 0 Å². The fourth-order valence-corrected chi connectivity index (χ4v) is 2.82. The number of hydrogen-bond acceptors (Lipinski definition) is 1. The maximum absolute atomic E-state index is 5.20. The molecule has 1 heteroatoms. The normalized spacial score (nSPS) is 13.0. The first kappa shape index (κ1) is 15.6. The molecule has 0 spiro atoms. The van der Waals surface area contributed by atoms with Crippen LogP contribution in [0, 0.1) is 5.41 Å². The molecule has 1 atom stereocenters. The topological polar surface area (TPSA) is 9.23 Å². The van der Waals surface area contributed by atoms with Crippen LogP contribution in [0.3, 0.4) is 0 Å². The fraction of sp³-hybridized carbons (Fsp3) is 0.400. The van der Waals surface area contributed by atoms with Crippen molar-refractivity contribution in [3.8, 4) is 16.9 Å². The summed E-state index contributed by atoms with van der Waals surface area (Å²) in [5.41, 5.74) is 4.27. The SMILES string of the molecule is COc1ccc(-c2ccc(C(C)CC(C)(C)C)cc2)cc1. The second kappa shape index (κ2) is 6.34. The first-order chi connectivity index (χ1) is 9.89. The lowest BCUT2D eigenvalue weighted by Gasteiger charge is -2.23. The van der Waals surface area contributed by atoms with Gasteiger partial charge in [0.25, 0.3) is 0 Å². The lowest BCUT2D eigenvalue weighted by molar-refractivity contribution is 0.349. The molecule has 0 fully saturated rings. The summed E-state index contributed by atoms with van der Waals surface area (Å²) in [6.45, 7) is 9.22. The summed E-state index contributed by atoms with van der Waals surface area (Å²) >= 11 is 0. The highest BCUT2D eigenvalue weighted by molar-refractivity contribution is 5.64. The van der Waals surface area contributed by atoms with Crippen molar-refractivity contribution in [2.45, 2.75) is 40.0 Å². The lowest BCUT2D eigenvalue weighted by atomic mass is 9.82. The fourth-order valence-electron chi connectivity index (χ4n) is 2.82. The molecule has 2 aromatic rings. The van der Waals surface area contributed by atoms with Gasteiger partial charge in [-0.3, -0.25) is 0 Å². The summed E-state index contributed by atoms with van der Waals surface area (Å²) in [6, 6.07) is 17.2. The van der Waals surface area contributed by atoms with E-state index in [1.54, 1.807) is 7.11 Å². The minimum absolute atomic E-state index is 0.369. The van der Waals surface area contributed by atoms with Crippen molar-refractivity contribution in [2.75, 3.05) is 7.11 Å². The quantitative estimate of drug-likeness (QED) is 0.678. The molecule has 0 saturated heterocycles. The third kappa shape index (κ3) is 4.35. The van der Waals surface area contributed by atoms with E-state index in [1.165, 1.54) is 23.1 Å². The second-order valence-corrected chi connectivity index (χ2v) is 7.02. The third-order valence-corrected chi connectivity index (χ3v) is 3.82. The van der Waals surface area contributed by atoms with Crippen LogP contribution in [0.5, 0.6) is 5.75 Å². The Morgan fingerprint density at radius 1 is 0.857 bits per heavy atom. The summed E-state index contributed by atoms with van der Waals surface area (Å²) in [5.74, 6) is 1.49. The zero-order valence-corrected chi connectivity index (χ0v) is 13.8. The zero-order chi connectivity index (χ0) is 15.5. The van der Waals surface area contributed by atoms with Gasteiger partial charge in [-0.2, -0.15) is 0 Å².